The molecule has 0 bridgehead atoms. The van der Waals surface area contributed by atoms with Crippen LogP contribution in [-0.2, 0) is 0 Å². The van der Waals surface area contributed by atoms with Crippen molar-refractivity contribution < 1.29 is 4.79 Å². The Kier molecular flexibility index (Phi) is 3.92. The number of carbonyl (C=O) groups excluding carboxylic acids is 1. The third-order valence-electron chi connectivity index (χ3n) is 3.43. The minimum Gasteiger partial charge on any atom is -0.383 e. The van der Waals surface area contributed by atoms with E-state index in [4.69, 9.17) is 0 Å². The van der Waals surface area contributed by atoms with E-state index in [0.29, 0.717) is 13.0 Å². The van der Waals surface area contributed by atoms with Crippen LogP contribution in [0.5, 0.6) is 0 Å². The first-order valence-corrected chi connectivity index (χ1v) is 6.99. The molecule has 0 saturated heterocycles. The van der Waals surface area contributed by atoms with Crippen LogP contribution >= 0.6 is 0 Å². The fraction of sp³-hybridized carbons (Fsp3) is 0.111. The van der Waals surface area contributed by atoms with Gasteiger partial charge in [0.2, 0.25) is 0 Å². The quantitative estimate of drug-likeness (QED) is 0.718. The van der Waals surface area contributed by atoms with E-state index in [-0.39, 0.29) is 5.78 Å². The lowest BCUT2D eigenvalue weighted by Crippen LogP contribution is -2.09. The van der Waals surface area contributed by atoms with Gasteiger partial charge in [-0.3, -0.25) is 9.78 Å². The normalized spacial score (nSPS) is 10.5. The molecule has 104 valence electrons. The maximum atomic E-state index is 12.0. The summed E-state index contributed by atoms with van der Waals surface area (Å²) in [4.78, 5) is 16.3. The zero-order valence-electron chi connectivity index (χ0n) is 11.6. The number of benzene rings is 2. The van der Waals surface area contributed by atoms with Crippen LogP contribution in [0.25, 0.3) is 10.8 Å². The third kappa shape index (κ3) is 3.08. The largest absolute Gasteiger partial charge is 0.383 e. The van der Waals surface area contributed by atoms with Crippen LogP contribution in [0, 0.1) is 0 Å². The highest BCUT2D eigenvalue weighted by atomic mass is 16.1. The van der Waals surface area contributed by atoms with Crippen LogP contribution < -0.4 is 5.32 Å². The van der Waals surface area contributed by atoms with E-state index in [2.05, 4.69) is 16.4 Å². The van der Waals surface area contributed by atoms with Crippen molar-refractivity contribution >= 4 is 22.2 Å². The van der Waals surface area contributed by atoms with Crippen molar-refractivity contribution in [3.63, 3.8) is 0 Å². The smallest absolute Gasteiger partial charge is 0.164 e. The van der Waals surface area contributed by atoms with Crippen LogP contribution in [0.2, 0.25) is 0 Å². The van der Waals surface area contributed by atoms with Gasteiger partial charge in [0.05, 0.1) is 11.9 Å². The molecule has 3 aromatic rings. The molecule has 0 aliphatic carbocycles. The minimum absolute atomic E-state index is 0.149. The van der Waals surface area contributed by atoms with Gasteiger partial charge >= 0.3 is 0 Å². The summed E-state index contributed by atoms with van der Waals surface area (Å²) >= 11 is 0. The van der Waals surface area contributed by atoms with E-state index >= 15 is 0 Å². The molecule has 1 N–H and O–H groups in total. The number of Topliss-reactive ketones (excluding diaryl/α,β-unsaturated/α-hetero) is 1. The SMILES string of the molecule is O=C(CCNc1cncc2ccccc12)c1ccccc1. The maximum Gasteiger partial charge on any atom is 0.164 e. The number of carbonyl (C=O) groups is 1. The average Bonchev–Trinajstić information content (AvgIpc) is 2.56. The lowest BCUT2D eigenvalue weighted by Gasteiger charge is -2.08. The Balaban J connectivity index is 1.66. The number of anilines is 1. The summed E-state index contributed by atoms with van der Waals surface area (Å²) in [5.74, 6) is 0.149. The summed E-state index contributed by atoms with van der Waals surface area (Å²) < 4.78 is 0. The van der Waals surface area contributed by atoms with Crippen molar-refractivity contribution in [1.29, 1.82) is 0 Å². The summed E-state index contributed by atoms with van der Waals surface area (Å²) in [6.07, 6.45) is 4.11. The van der Waals surface area contributed by atoms with E-state index in [1.54, 1.807) is 6.20 Å². The summed E-state index contributed by atoms with van der Waals surface area (Å²) in [6, 6.07) is 17.5. The fourth-order valence-corrected chi connectivity index (χ4v) is 2.34. The van der Waals surface area contributed by atoms with Crippen LogP contribution in [-0.4, -0.2) is 17.3 Å². The van der Waals surface area contributed by atoms with Gasteiger partial charge in [-0.05, 0) is 0 Å². The Hall–Kier alpha value is -2.68. The van der Waals surface area contributed by atoms with Gasteiger partial charge < -0.3 is 5.32 Å². The molecule has 0 aliphatic rings. The molecule has 3 rings (SSSR count). The van der Waals surface area contributed by atoms with Crippen LogP contribution in [0.3, 0.4) is 0 Å². The molecular formula is C18H16N2O. The Bertz CT molecular complexity index is 748. The first-order chi connectivity index (χ1) is 10.3. The van der Waals surface area contributed by atoms with E-state index in [1.165, 1.54) is 0 Å². The molecule has 3 nitrogen and oxygen atoms in total. The summed E-state index contributed by atoms with van der Waals surface area (Å²) in [7, 11) is 0. The molecule has 1 heterocycles. The molecule has 0 radical (unpaired) electrons. The number of aromatic nitrogens is 1. The third-order valence-corrected chi connectivity index (χ3v) is 3.43. The van der Waals surface area contributed by atoms with Gasteiger partial charge in [-0.2, -0.15) is 0 Å². The standard InChI is InChI=1S/C18H16N2O/c21-18(14-6-2-1-3-7-14)10-11-20-17-13-19-12-15-8-4-5-9-16(15)17/h1-9,12-13,20H,10-11H2. The zero-order valence-corrected chi connectivity index (χ0v) is 11.6. The maximum absolute atomic E-state index is 12.0. The Labute approximate surface area is 123 Å². The number of rotatable bonds is 5. The molecule has 1 aromatic heterocycles. The van der Waals surface area contributed by atoms with Crippen molar-refractivity contribution in [2.24, 2.45) is 0 Å². The molecule has 0 saturated carbocycles. The average molecular weight is 276 g/mol. The van der Waals surface area contributed by atoms with E-state index < -0.39 is 0 Å². The molecule has 0 spiro atoms. The number of ketones is 1. The highest BCUT2D eigenvalue weighted by molar-refractivity contribution is 5.97. The topological polar surface area (TPSA) is 42.0 Å². The van der Waals surface area contributed by atoms with Crippen molar-refractivity contribution in [3.05, 3.63) is 72.6 Å². The molecule has 2 aromatic carbocycles. The Morgan fingerprint density at radius 3 is 2.57 bits per heavy atom. The molecule has 0 fully saturated rings. The van der Waals surface area contributed by atoms with Gasteiger partial charge in [0.25, 0.3) is 0 Å². The lowest BCUT2D eigenvalue weighted by atomic mass is 10.1. The summed E-state index contributed by atoms with van der Waals surface area (Å²) in [5, 5.41) is 5.52. The van der Waals surface area contributed by atoms with Crippen molar-refractivity contribution in [2.75, 3.05) is 11.9 Å². The van der Waals surface area contributed by atoms with E-state index in [9.17, 15) is 4.79 Å². The van der Waals surface area contributed by atoms with Gasteiger partial charge in [-0.25, -0.2) is 0 Å². The second-order valence-electron chi connectivity index (χ2n) is 4.87. The monoisotopic (exact) mass is 276 g/mol. The second-order valence-corrected chi connectivity index (χ2v) is 4.87. The van der Waals surface area contributed by atoms with Gasteiger partial charge in [-0.15, -0.1) is 0 Å². The van der Waals surface area contributed by atoms with Crippen LogP contribution in [0.15, 0.2) is 67.0 Å². The first kappa shape index (κ1) is 13.3. The molecule has 0 atom stereocenters. The second kappa shape index (κ2) is 6.18. The van der Waals surface area contributed by atoms with E-state index in [1.807, 2.05) is 54.7 Å². The van der Waals surface area contributed by atoms with E-state index in [0.717, 1.165) is 22.0 Å². The summed E-state index contributed by atoms with van der Waals surface area (Å²) in [6.45, 7) is 0.601. The first-order valence-electron chi connectivity index (χ1n) is 6.99. The van der Waals surface area contributed by atoms with Gasteiger partial charge in [0.1, 0.15) is 0 Å². The summed E-state index contributed by atoms with van der Waals surface area (Å²) in [5.41, 5.74) is 1.73. The van der Waals surface area contributed by atoms with Crippen LogP contribution in [0.1, 0.15) is 16.8 Å². The number of nitrogens with one attached hydrogen (secondary N) is 1. The lowest BCUT2D eigenvalue weighted by molar-refractivity contribution is 0.0986. The predicted octanol–water partition coefficient (Wildman–Crippen LogP) is 3.92. The van der Waals surface area contributed by atoms with Gasteiger partial charge in [-0.1, -0.05) is 54.6 Å². The van der Waals surface area contributed by atoms with Crippen molar-refractivity contribution in [3.8, 4) is 0 Å². The zero-order chi connectivity index (χ0) is 14.5. The number of pyridine rings is 1. The Morgan fingerprint density at radius 1 is 0.952 bits per heavy atom. The molecular weight excluding hydrogens is 260 g/mol. The fourth-order valence-electron chi connectivity index (χ4n) is 2.34. The number of fused-ring (bicyclic) bond motifs is 1. The Morgan fingerprint density at radius 2 is 1.71 bits per heavy atom. The predicted molar refractivity (Wildman–Crippen MR) is 85.6 cm³/mol. The molecule has 0 unspecified atom stereocenters. The minimum atomic E-state index is 0.149. The van der Waals surface area contributed by atoms with Crippen molar-refractivity contribution in [2.45, 2.75) is 6.42 Å². The molecule has 21 heavy (non-hydrogen) atoms. The number of nitrogens with zero attached hydrogens (tertiary/aromatic N) is 1. The van der Waals surface area contributed by atoms with Crippen LogP contribution in [0.4, 0.5) is 5.69 Å². The number of hydrogen-bond acceptors (Lipinski definition) is 3. The highest BCUT2D eigenvalue weighted by Crippen LogP contribution is 2.21. The highest BCUT2D eigenvalue weighted by Gasteiger charge is 2.05. The van der Waals surface area contributed by atoms with Gasteiger partial charge in [0.15, 0.2) is 5.78 Å². The molecule has 0 amide bonds. The molecule has 0 aliphatic heterocycles. The number of hydrogen-bond donors (Lipinski definition) is 1. The van der Waals surface area contributed by atoms with Gasteiger partial charge in [0, 0.05) is 35.5 Å². The van der Waals surface area contributed by atoms with Crippen molar-refractivity contribution in [1.82, 2.24) is 4.98 Å². The molecule has 3 heteroatoms.